The second kappa shape index (κ2) is 7.60. The Morgan fingerprint density at radius 3 is 2.52 bits per heavy atom. The highest BCUT2D eigenvalue weighted by atomic mass is 16.3. The van der Waals surface area contributed by atoms with Crippen molar-refractivity contribution in [3.63, 3.8) is 0 Å². The molecule has 0 aliphatic rings. The van der Waals surface area contributed by atoms with E-state index in [1.807, 2.05) is 19.9 Å². The lowest BCUT2D eigenvalue weighted by Crippen LogP contribution is -2.15. The zero-order chi connectivity index (χ0) is 16.8. The van der Waals surface area contributed by atoms with Crippen molar-refractivity contribution >= 4 is 23.2 Å². The summed E-state index contributed by atoms with van der Waals surface area (Å²) in [6, 6.07) is 6.98. The molecular formula is C17H21N3O3. The van der Waals surface area contributed by atoms with Crippen LogP contribution in [0.2, 0.25) is 0 Å². The maximum atomic E-state index is 12.2. The zero-order valence-corrected chi connectivity index (χ0v) is 13.3. The Hall–Kier alpha value is -2.60. The van der Waals surface area contributed by atoms with Crippen LogP contribution < -0.4 is 16.4 Å². The summed E-state index contributed by atoms with van der Waals surface area (Å²) in [6.45, 7) is 4.03. The van der Waals surface area contributed by atoms with Crippen LogP contribution in [0.5, 0.6) is 0 Å². The SMILES string of the molecule is CCCC(=O)Nc1cccc(NC(=O)c2coc(CN)c2)c1C. The summed E-state index contributed by atoms with van der Waals surface area (Å²) < 4.78 is 5.16. The largest absolute Gasteiger partial charge is 0.467 e. The van der Waals surface area contributed by atoms with Crippen LogP contribution in [-0.4, -0.2) is 11.8 Å². The van der Waals surface area contributed by atoms with Crippen molar-refractivity contribution in [2.45, 2.75) is 33.2 Å². The molecule has 6 nitrogen and oxygen atoms in total. The van der Waals surface area contributed by atoms with Crippen molar-refractivity contribution in [3.8, 4) is 0 Å². The molecule has 2 rings (SSSR count). The molecule has 6 heteroatoms. The third-order valence-corrected chi connectivity index (χ3v) is 3.45. The summed E-state index contributed by atoms with van der Waals surface area (Å²) in [5, 5.41) is 5.67. The van der Waals surface area contributed by atoms with Gasteiger partial charge in [0.1, 0.15) is 12.0 Å². The first-order chi connectivity index (χ1) is 11.0. The molecule has 23 heavy (non-hydrogen) atoms. The van der Waals surface area contributed by atoms with Gasteiger partial charge in [-0.1, -0.05) is 13.0 Å². The number of anilines is 2. The third-order valence-electron chi connectivity index (χ3n) is 3.45. The van der Waals surface area contributed by atoms with E-state index >= 15 is 0 Å². The number of benzene rings is 1. The molecular weight excluding hydrogens is 294 g/mol. The normalized spacial score (nSPS) is 10.4. The van der Waals surface area contributed by atoms with E-state index in [0.717, 1.165) is 12.0 Å². The smallest absolute Gasteiger partial charge is 0.258 e. The van der Waals surface area contributed by atoms with Crippen LogP contribution in [-0.2, 0) is 11.3 Å². The molecule has 2 aromatic rings. The lowest BCUT2D eigenvalue weighted by atomic mass is 10.1. The summed E-state index contributed by atoms with van der Waals surface area (Å²) in [4.78, 5) is 24.0. The minimum atomic E-state index is -0.284. The molecule has 1 aromatic heterocycles. The quantitative estimate of drug-likeness (QED) is 0.763. The molecule has 1 aromatic carbocycles. The Balaban J connectivity index is 2.13. The second-order valence-electron chi connectivity index (χ2n) is 5.24. The molecule has 122 valence electrons. The minimum Gasteiger partial charge on any atom is -0.467 e. The van der Waals surface area contributed by atoms with E-state index in [0.29, 0.717) is 29.1 Å². The minimum absolute atomic E-state index is 0.0403. The first-order valence-corrected chi connectivity index (χ1v) is 7.53. The van der Waals surface area contributed by atoms with Crippen molar-refractivity contribution in [1.29, 1.82) is 0 Å². The Morgan fingerprint density at radius 2 is 1.91 bits per heavy atom. The molecule has 0 radical (unpaired) electrons. The van der Waals surface area contributed by atoms with Crippen LogP contribution in [0.15, 0.2) is 34.9 Å². The van der Waals surface area contributed by atoms with E-state index in [1.165, 1.54) is 6.26 Å². The lowest BCUT2D eigenvalue weighted by molar-refractivity contribution is -0.116. The molecule has 0 saturated carbocycles. The number of furan rings is 1. The number of rotatable bonds is 6. The van der Waals surface area contributed by atoms with Gasteiger partial charge in [-0.3, -0.25) is 9.59 Å². The second-order valence-corrected chi connectivity index (χ2v) is 5.24. The molecule has 0 aliphatic carbocycles. The Bertz CT molecular complexity index is 707. The molecule has 0 unspecified atom stereocenters. The molecule has 1 heterocycles. The Morgan fingerprint density at radius 1 is 1.22 bits per heavy atom. The number of amides is 2. The van der Waals surface area contributed by atoms with E-state index in [1.54, 1.807) is 18.2 Å². The van der Waals surface area contributed by atoms with Gasteiger partial charge in [-0.25, -0.2) is 0 Å². The number of hydrogen-bond acceptors (Lipinski definition) is 4. The van der Waals surface area contributed by atoms with Gasteiger partial charge in [0.15, 0.2) is 0 Å². The summed E-state index contributed by atoms with van der Waals surface area (Å²) in [5.41, 5.74) is 8.00. The fourth-order valence-electron chi connectivity index (χ4n) is 2.15. The molecule has 0 spiro atoms. The topological polar surface area (TPSA) is 97.4 Å². The molecule has 0 bridgehead atoms. The van der Waals surface area contributed by atoms with Crippen LogP contribution >= 0.6 is 0 Å². The summed E-state index contributed by atoms with van der Waals surface area (Å²) in [6.07, 6.45) is 2.62. The molecule has 0 aliphatic heterocycles. The maximum absolute atomic E-state index is 12.2. The fourth-order valence-corrected chi connectivity index (χ4v) is 2.15. The lowest BCUT2D eigenvalue weighted by Gasteiger charge is -2.13. The predicted molar refractivity (Wildman–Crippen MR) is 89.3 cm³/mol. The van der Waals surface area contributed by atoms with Crippen LogP contribution in [0, 0.1) is 6.92 Å². The maximum Gasteiger partial charge on any atom is 0.258 e. The van der Waals surface area contributed by atoms with Crippen molar-refractivity contribution in [2.75, 3.05) is 10.6 Å². The summed E-state index contributed by atoms with van der Waals surface area (Å²) in [7, 11) is 0. The van der Waals surface area contributed by atoms with Crippen molar-refractivity contribution in [1.82, 2.24) is 0 Å². The van der Waals surface area contributed by atoms with E-state index in [9.17, 15) is 9.59 Å². The highest BCUT2D eigenvalue weighted by Gasteiger charge is 2.13. The number of nitrogens with two attached hydrogens (primary N) is 1. The molecule has 0 saturated heterocycles. The van der Waals surface area contributed by atoms with Gasteiger partial charge in [0.2, 0.25) is 5.91 Å². The van der Waals surface area contributed by atoms with Gasteiger partial charge in [-0.05, 0) is 37.1 Å². The van der Waals surface area contributed by atoms with Crippen LogP contribution in [0.1, 0.15) is 41.4 Å². The van der Waals surface area contributed by atoms with Crippen LogP contribution in [0.3, 0.4) is 0 Å². The summed E-state index contributed by atoms with van der Waals surface area (Å²) >= 11 is 0. The van der Waals surface area contributed by atoms with Gasteiger partial charge in [-0.2, -0.15) is 0 Å². The average molecular weight is 315 g/mol. The molecule has 0 atom stereocenters. The standard InChI is InChI=1S/C17H21N3O3/c1-3-5-16(21)19-14-6-4-7-15(11(14)2)20-17(22)12-8-13(9-18)23-10-12/h4,6-8,10H,3,5,9,18H2,1-2H3,(H,19,21)(H,20,22). The first-order valence-electron chi connectivity index (χ1n) is 7.53. The number of hydrogen-bond donors (Lipinski definition) is 3. The predicted octanol–water partition coefficient (Wildman–Crippen LogP) is 3.04. The summed E-state index contributed by atoms with van der Waals surface area (Å²) in [5.74, 6) is 0.225. The molecule has 0 fully saturated rings. The number of carbonyl (C=O) groups excluding carboxylic acids is 2. The van der Waals surface area contributed by atoms with Gasteiger partial charge in [0.05, 0.1) is 12.1 Å². The van der Waals surface area contributed by atoms with E-state index in [-0.39, 0.29) is 18.4 Å². The number of carbonyl (C=O) groups is 2. The van der Waals surface area contributed by atoms with Crippen LogP contribution in [0.25, 0.3) is 0 Å². The third kappa shape index (κ3) is 4.20. The van der Waals surface area contributed by atoms with Crippen LogP contribution in [0.4, 0.5) is 11.4 Å². The van der Waals surface area contributed by atoms with Gasteiger partial charge >= 0.3 is 0 Å². The Kier molecular flexibility index (Phi) is 5.54. The monoisotopic (exact) mass is 315 g/mol. The molecule has 2 amide bonds. The van der Waals surface area contributed by atoms with Crippen molar-refractivity contribution in [2.24, 2.45) is 5.73 Å². The average Bonchev–Trinajstić information content (AvgIpc) is 3.00. The van der Waals surface area contributed by atoms with E-state index in [2.05, 4.69) is 10.6 Å². The highest BCUT2D eigenvalue weighted by Crippen LogP contribution is 2.24. The van der Waals surface area contributed by atoms with E-state index < -0.39 is 0 Å². The molecule has 4 N–H and O–H groups in total. The van der Waals surface area contributed by atoms with Crippen molar-refractivity contribution < 1.29 is 14.0 Å². The van der Waals surface area contributed by atoms with E-state index in [4.69, 9.17) is 10.2 Å². The highest BCUT2D eigenvalue weighted by molar-refractivity contribution is 6.05. The van der Waals surface area contributed by atoms with Gasteiger partial charge in [-0.15, -0.1) is 0 Å². The van der Waals surface area contributed by atoms with Gasteiger partial charge < -0.3 is 20.8 Å². The number of nitrogens with one attached hydrogen (secondary N) is 2. The zero-order valence-electron chi connectivity index (χ0n) is 13.3. The fraction of sp³-hybridized carbons (Fsp3) is 0.294. The van der Waals surface area contributed by atoms with Gasteiger partial charge in [0, 0.05) is 17.8 Å². The first kappa shape index (κ1) is 16.8. The van der Waals surface area contributed by atoms with Gasteiger partial charge in [0.25, 0.3) is 5.91 Å². The van der Waals surface area contributed by atoms with Crippen molar-refractivity contribution in [3.05, 3.63) is 47.4 Å². The Labute approximate surface area is 135 Å².